The van der Waals surface area contributed by atoms with Crippen LogP contribution in [0, 0.1) is 5.92 Å². The molecule has 0 bridgehead atoms. The second-order valence-electron chi connectivity index (χ2n) is 8.14. The molecular weight excluding hydrogens is 416 g/mol. The van der Waals surface area contributed by atoms with Crippen molar-refractivity contribution in [2.45, 2.75) is 39.2 Å². The number of hydrogen-bond donors (Lipinski definition) is 1. The van der Waals surface area contributed by atoms with E-state index < -0.39 is 10.0 Å². The lowest BCUT2D eigenvalue weighted by atomic mass is 9.97. The number of hydrogen-bond acceptors (Lipinski definition) is 5. The Hall–Kier alpha value is -2.74. The van der Waals surface area contributed by atoms with E-state index >= 15 is 0 Å². The van der Waals surface area contributed by atoms with E-state index in [1.165, 1.54) is 4.31 Å². The molecule has 0 aliphatic carbocycles. The summed E-state index contributed by atoms with van der Waals surface area (Å²) >= 11 is 0. The highest BCUT2D eigenvalue weighted by atomic mass is 32.2. The quantitative estimate of drug-likeness (QED) is 0.599. The second-order valence-corrected chi connectivity index (χ2v) is 10.0. The largest absolute Gasteiger partial charge is 0.454 e. The van der Waals surface area contributed by atoms with Crippen LogP contribution in [0.2, 0.25) is 0 Å². The lowest BCUT2D eigenvalue weighted by molar-refractivity contribution is -0.122. The van der Waals surface area contributed by atoms with Gasteiger partial charge >= 0.3 is 0 Å². The van der Waals surface area contributed by atoms with Crippen molar-refractivity contribution < 1.29 is 22.7 Å². The van der Waals surface area contributed by atoms with Crippen molar-refractivity contribution in [2.24, 2.45) is 5.92 Å². The molecule has 1 atom stereocenters. The van der Waals surface area contributed by atoms with Gasteiger partial charge in [-0.1, -0.05) is 44.2 Å². The Morgan fingerprint density at radius 2 is 1.81 bits per heavy atom. The number of benzene rings is 2. The van der Waals surface area contributed by atoms with Gasteiger partial charge in [-0.3, -0.25) is 9.10 Å². The third kappa shape index (κ3) is 6.37. The third-order valence-corrected chi connectivity index (χ3v) is 6.25. The Morgan fingerprint density at radius 3 is 2.48 bits per heavy atom. The maximum Gasteiger partial charge on any atom is 0.232 e. The molecule has 0 spiro atoms. The normalized spacial score (nSPS) is 13.8. The molecule has 1 aliphatic heterocycles. The highest BCUT2D eigenvalue weighted by molar-refractivity contribution is 7.92. The van der Waals surface area contributed by atoms with E-state index in [0.29, 0.717) is 29.5 Å². The summed E-state index contributed by atoms with van der Waals surface area (Å²) in [6.45, 7) is 4.57. The number of carbonyl (C=O) groups excluding carboxylic acids is 1. The Kier molecular flexibility index (Phi) is 7.43. The first-order chi connectivity index (χ1) is 14.7. The van der Waals surface area contributed by atoms with Crippen LogP contribution in [0.4, 0.5) is 5.69 Å². The molecule has 1 amide bonds. The van der Waals surface area contributed by atoms with Crippen LogP contribution in [-0.4, -0.2) is 33.9 Å². The monoisotopic (exact) mass is 446 g/mol. The van der Waals surface area contributed by atoms with Crippen LogP contribution in [-0.2, 0) is 14.8 Å². The van der Waals surface area contributed by atoms with Crippen LogP contribution in [0.25, 0.3) is 0 Å². The van der Waals surface area contributed by atoms with E-state index in [-0.39, 0.29) is 31.7 Å². The number of nitrogens with one attached hydrogen (secondary N) is 1. The standard InChI is InChI=1S/C23H30N2O5S/c1-17(2)14-20(18-8-5-4-6-9-18)24-23(26)10-7-13-25(31(3,27)28)19-11-12-21-22(15-19)30-16-29-21/h4-6,8-9,11-12,15,17,20H,7,10,13-14,16H2,1-3H3,(H,24,26). The first kappa shape index (κ1) is 22.9. The summed E-state index contributed by atoms with van der Waals surface area (Å²) in [6, 6.07) is 14.9. The fourth-order valence-corrected chi connectivity index (χ4v) is 4.57. The molecule has 8 heteroatoms. The van der Waals surface area contributed by atoms with Crippen LogP contribution >= 0.6 is 0 Å². The maximum absolute atomic E-state index is 12.6. The van der Waals surface area contributed by atoms with Crippen LogP contribution < -0.4 is 19.1 Å². The maximum atomic E-state index is 12.6. The fraction of sp³-hybridized carbons (Fsp3) is 0.435. The zero-order chi connectivity index (χ0) is 22.4. The fourth-order valence-electron chi connectivity index (χ4n) is 3.61. The van der Waals surface area contributed by atoms with Crippen molar-refractivity contribution in [3.63, 3.8) is 0 Å². The van der Waals surface area contributed by atoms with Crippen molar-refractivity contribution in [1.29, 1.82) is 0 Å². The van der Waals surface area contributed by atoms with Crippen LogP contribution in [0.3, 0.4) is 0 Å². The van der Waals surface area contributed by atoms with Gasteiger partial charge in [0.25, 0.3) is 0 Å². The van der Waals surface area contributed by atoms with Crippen molar-refractivity contribution in [3.05, 3.63) is 54.1 Å². The Labute approximate surface area is 184 Å². The predicted octanol–water partition coefficient (Wildman–Crippen LogP) is 3.87. The van der Waals surface area contributed by atoms with E-state index in [4.69, 9.17) is 9.47 Å². The van der Waals surface area contributed by atoms with Gasteiger partial charge in [-0.05, 0) is 36.5 Å². The first-order valence-electron chi connectivity index (χ1n) is 10.5. The third-order valence-electron chi connectivity index (χ3n) is 5.05. The number of carbonyl (C=O) groups is 1. The van der Waals surface area contributed by atoms with Crippen molar-refractivity contribution >= 4 is 21.6 Å². The molecule has 168 valence electrons. The first-order valence-corrected chi connectivity index (χ1v) is 12.3. The van der Waals surface area contributed by atoms with E-state index in [1.807, 2.05) is 30.3 Å². The van der Waals surface area contributed by atoms with Crippen molar-refractivity contribution in [3.8, 4) is 11.5 Å². The van der Waals surface area contributed by atoms with Gasteiger partial charge in [0.05, 0.1) is 18.0 Å². The zero-order valence-electron chi connectivity index (χ0n) is 18.2. The molecule has 0 fully saturated rings. The number of fused-ring (bicyclic) bond motifs is 1. The van der Waals surface area contributed by atoms with E-state index in [2.05, 4.69) is 19.2 Å². The minimum Gasteiger partial charge on any atom is -0.454 e. The van der Waals surface area contributed by atoms with Crippen molar-refractivity contribution in [2.75, 3.05) is 23.9 Å². The molecule has 1 N–H and O–H groups in total. The Bertz CT molecular complexity index is 992. The van der Waals surface area contributed by atoms with Gasteiger partial charge < -0.3 is 14.8 Å². The van der Waals surface area contributed by atoms with Gasteiger partial charge in [0, 0.05) is 19.0 Å². The van der Waals surface area contributed by atoms with E-state index in [1.54, 1.807) is 18.2 Å². The average Bonchev–Trinajstić information content (AvgIpc) is 3.18. The van der Waals surface area contributed by atoms with Crippen molar-refractivity contribution in [1.82, 2.24) is 5.32 Å². The van der Waals surface area contributed by atoms with Gasteiger partial charge in [0.15, 0.2) is 11.5 Å². The molecule has 1 aliphatic rings. The van der Waals surface area contributed by atoms with Gasteiger partial charge in [-0.25, -0.2) is 8.42 Å². The van der Waals surface area contributed by atoms with Gasteiger partial charge in [0.1, 0.15) is 0 Å². The Balaban J connectivity index is 1.61. The molecule has 2 aromatic rings. The zero-order valence-corrected chi connectivity index (χ0v) is 19.0. The minimum atomic E-state index is -3.51. The van der Waals surface area contributed by atoms with Crippen LogP contribution in [0.1, 0.15) is 44.7 Å². The van der Waals surface area contributed by atoms with Gasteiger partial charge in [-0.15, -0.1) is 0 Å². The minimum absolute atomic E-state index is 0.0615. The van der Waals surface area contributed by atoms with Crippen LogP contribution in [0.5, 0.6) is 11.5 Å². The predicted molar refractivity (Wildman–Crippen MR) is 121 cm³/mol. The number of nitrogens with zero attached hydrogens (tertiary/aromatic N) is 1. The summed E-state index contributed by atoms with van der Waals surface area (Å²) < 4.78 is 36.6. The van der Waals surface area contributed by atoms with E-state index in [0.717, 1.165) is 18.2 Å². The number of sulfonamides is 1. The molecule has 1 unspecified atom stereocenters. The number of ether oxygens (including phenoxy) is 2. The smallest absolute Gasteiger partial charge is 0.232 e. The summed E-state index contributed by atoms with van der Waals surface area (Å²) in [5, 5.41) is 3.11. The highest BCUT2D eigenvalue weighted by Crippen LogP contribution is 2.36. The summed E-state index contributed by atoms with van der Waals surface area (Å²) in [5.41, 5.74) is 1.57. The molecular formula is C23H30N2O5S. The lowest BCUT2D eigenvalue weighted by Gasteiger charge is -2.23. The summed E-state index contributed by atoms with van der Waals surface area (Å²) in [5.74, 6) is 1.45. The molecule has 7 nitrogen and oxygen atoms in total. The lowest BCUT2D eigenvalue weighted by Crippen LogP contribution is -2.33. The molecule has 0 saturated heterocycles. The molecule has 0 saturated carbocycles. The SMILES string of the molecule is CC(C)CC(NC(=O)CCCN(c1ccc2c(c1)OCO2)S(C)(=O)=O)c1ccccc1. The van der Waals surface area contributed by atoms with Gasteiger partial charge in [0.2, 0.25) is 22.7 Å². The molecule has 1 heterocycles. The topological polar surface area (TPSA) is 84.9 Å². The molecule has 2 aromatic carbocycles. The molecule has 0 aromatic heterocycles. The molecule has 0 radical (unpaired) electrons. The number of anilines is 1. The Morgan fingerprint density at radius 1 is 1.10 bits per heavy atom. The summed E-state index contributed by atoms with van der Waals surface area (Å²) in [6.07, 6.45) is 2.63. The average molecular weight is 447 g/mol. The van der Waals surface area contributed by atoms with E-state index in [9.17, 15) is 13.2 Å². The summed E-state index contributed by atoms with van der Waals surface area (Å²) in [4.78, 5) is 12.6. The molecule has 3 rings (SSSR count). The van der Waals surface area contributed by atoms with Gasteiger partial charge in [-0.2, -0.15) is 0 Å². The number of amides is 1. The second kappa shape index (κ2) is 10.0. The highest BCUT2D eigenvalue weighted by Gasteiger charge is 2.22. The van der Waals surface area contributed by atoms with Crippen LogP contribution in [0.15, 0.2) is 48.5 Å². The molecule has 31 heavy (non-hydrogen) atoms. The number of rotatable bonds is 10. The summed E-state index contributed by atoms with van der Waals surface area (Å²) in [7, 11) is -3.51.